The van der Waals surface area contributed by atoms with Crippen molar-refractivity contribution in [2.24, 2.45) is 5.73 Å². The molecule has 0 fully saturated rings. The maximum absolute atomic E-state index is 5.83. The average molecular weight is 270 g/mol. The van der Waals surface area contributed by atoms with E-state index >= 15 is 0 Å². The smallest absolute Gasteiger partial charge is 0.133 e. The number of nitrogens with two attached hydrogens (primary N) is 1. The first kappa shape index (κ1) is 14.5. The first-order valence-electron chi connectivity index (χ1n) is 6.98. The lowest BCUT2D eigenvalue weighted by Gasteiger charge is -2.24. The van der Waals surface area contributed by atoms with Crippen LogP contribution in [0.3, 0.4) is 0 Å². The molecule has 106 valence electrons. The van der Waals surface area contributed by atoms with Crippen LogP contribution in [0.2, 0.25) is 0 Å². The van der Waals surface area contributed by atoms with Crippen LogP contribution in [0.5, 0.6) is 0 Å². The molecule has 0 aromatic carbocycles. The van der Waals surface area contributed by atoms with E-state index in [-0.39, 0.29) is 0 Å². The summed E-state index contributed by atoms with van der Waals surface area (Å²) in [5.74, 6) is 0.971. The zero-order chi connectivity index (χ0) is 14.5. The Morgan fingerprint density at radius 3 is 2.45 bits per heavy atom. The quantitative estimate of drug-likeness (QED) is 0.907. The van der Waals surface area contributed by atoms with Crippen LogP contribution < -0.4 is 10.6 Å². The molecule has 0 saturated carbocycles. The Hall–Kier alpha value is -1.94. The fourth-order valence-electron chi connectivity index (χ4n) is 2.22. The van der Waals surface area contributed by atoms with Crippen LogP contribution in [0.15, 0.2) is 30.3 Å². The van der Waals surface area contributed by atoms with Crippen molar-refractivity contribution in [2.45, 2.75) is 33.9 Å². The normalized spacial score (nSPS) is 10.6. The minimum Gasteiger partial charge on any atom is -0.351 e. The van der Waals surface area contributed by atoms with Crippen molar-refractivity contribution < 1.29 is 0 Å². The van der Waals surface area contributed by atoms with Gasteiger partial charge in [0.2, 0.25) is 0 Å². The number of pyridine rings is 2. The number of nitrogens with zero attached hydrogens (tertiary/aromatic N) is 3. The van der Waals surface area contributed by atoms with Gasteiger partial charge in [-0.1, -0.05) is 12.1 Å². The lowest BCUT2D eigenvalue weighted by molar-refractivity contribution is 0.778. The Kier molecular flexibility index (Phi) is 4.69. The highest BCUT2D eigenvalue weighted by molar-refractivity contribution is 5.48. The van der Waals surface area contributed by atoms with Crippen LogP contribution in [0.25, 0.3) is 0 Å². The van der Waals surface area contributed by atoms with Crippen molar-refractivity contribution in [3.8, 4) is 0 Å². The van der Waals surface area contributed by atoms with Gasteiger partial charge in [0.05, 0.1) is 12.2 Å². The van der Waals surface area contributed by atoms with Crippen molar-refractivity contribution in [2.75, 3.05) is 11.4 Å². The minimum atomic E-state index is 0.500. The molecule has 0 unspecified atom stereocenters. The number of hydrogen-bond acceptors (Lipinski definition) is 4. The zero-order valence-corrected chi connectivity index (χ0v) is 12.4. The Labute approximate surface area is 120 Å². The Morgan fingerprint density at radius 1 is 1.05 bits per heavy atom. The average Bonchev–Trinajstić information content (AvgIpc) is 2.45. The number of rotatable bonds is 5. The van der Waals surface area contributed by atoms with Gasteiger partial charge in [0.1, 0.15) is 5.82 Å². The van der Waals surface area contributed by atoms with Gasteiger partial charge in [-0.2, -0.15) is 0 Å². The van der Waals surface area contributed by atoms with E-state index in [0.29, 0.717) is 6.54 Å². The maximum Gasteiger partial charge on any atom is 0.133 e. The van der Waals surface area contributed by atoms with Gasteiger partial charge in [0, 0.05) is 30.0 Å². The summed E-state index contributed by atoms with van der Waals surface area (Å²) >= 11 is 0. The first-order chi connectivity index (χ1) is 9.63. The number of aryl methyl sites for hydroxylation is 2. The second kappa shape index (κ2) is 6.48. The first-order valence-corrected chi connectivity index (χ1v) is 6.98. The molecule has 0 atom stereocenters. The number of aromatic nitrogens is 2. The van der Waals surface area contributed by atoms with Crippen LogP contribution in [-0.4, -0.2) is 16.5 Å². The highest BCUT2D eigenvalue weighted by Crippen LogP contribution is 2.20. The molecule has 0 aliphatic rings. The van der Waals surface area contributed by atoms with Crippen LogP contribution in [0.1, 0.15) is 29.6 Å². The third-order valence-corrected chi connectivity index (χ3v) is 3.30. The van der Waals surface area contributed by atoms with Crippen LogP contribution in [0, 0.1) is 13.8 Å². The Balaban J connectivity index is 2.30. The molecule has 0 amide bonds. The minimum absolute atomic E-state index is 0.500. The highest BCUT2D eigenvalue weighted by atomic mass is 15.2. The second-order valence-electron chi connectivity index (χ2n) is 4.92. The summed E-state index contributed by atoms with van der Waals surface area (Å²) in [6.45, 7) is 8.26. The molecule has 0 radical (unpaired) electrons. The van der Waals surface area contributed by atoms with Gasteiger partial charge in [-0.3, -0.25) is 4.98 Å². The lowest BCUT2D eigenvalue weighted by Crippen LogP contribution is -2.26. The third kappa shape index (κ3) is 3.33. The summed E-state index contributed by atoms with van der Waals surface area (Å²) in [5.41, 5.74) is 10.0. The molecular weight excluding hydrogens is 248 g/mol. The van der Waals surface area contributed by atoms with E-state index in [2.05, 4.69) is 27.9 Å². The molecular formula is C16H22N4. The molecule has 2 heterocycles. The van der Waals surface area contributed by atoms with Crippen molar-refractivity contribution >= 4 is 5.82 Å². The van der Waals surface area contributed by atoms with Crippen molar-refractivity contribution in [1.82, 2.24) is 9.97 Å². The van der Waals surface area contributed by atoms with E-state index in [1.54, 1.807) is 0 Å². The topological polar surface area (TPSA) is 55.0 Å². The lowest BCUT2D eigenvalue weighted by atomic mass is 10.2. The number of hydrogen-bond donors (Lipinski definition) is 1. The molecule has 0 saturated heterocycles. The van der Waals surface area contributed by atoms with E-state index in [0.717, 1.165) is 41.6 Å². The van der Waals surface area contributed by atoms with Gasteiger partial charge in [0.25, 0.3) is 0 Å². The van der Waals surface area contributed by atoms with Gasteiger partial charge in [-0.05, 0) is 39.0 Å². The van der Waals surface area contributed by atoms with Crippen LogP contribution in [0.4, 0.5) is 5.82 Å². The summed E-state index contributed by atoms with van der Waals surface area (Å²) < 4.78 is 0. The van der Waals surface area contributed by atoms with E-state index in [9.17, 15) is 0 Å². The largest absolute Gasteiger partial charge is 0.351 e. The van der Waals surface area contributed by atoms with Crippen molar-refractivity contribution in [3.05, 3.63) is 53.0 Å². The van der Waals surface area contributed by atoms with Gasteiger partial charge in [-0.25, -0.2) is 4.98 Å². The Morgan fingerprint density at radius 2 is 1.80 bits per heavy atom. The molecule has 4 heteroatoms. The summed E-state index contributed by atoms with van der Waals surface area (Å²) in [7, 11) is 0. The summed E-state index contributed by atoms with van der Waals surface area (Å²) in [5, 5.41) is 0. The van der Waals surface area contributed by atoms with Gasteiger partial charge >= 0.3 is 0 Å². The maximum atomic E-state index is 5.83. The fraction of sp³-hybridized carbons (Fsp3) is 0.375. The third-order valence-electron chi connectivity index (χ3n) is 3.30. The molecule has 0 spiro atoms. The fourth-order valence-corrected chi connectivity index (χ4v) is 2.22. The Bertz CT molecular complexity index is 580. The standard InChI is InChI=1S/C16H22N4/c1-4-20(11-15-7-5-6-12(2)18-15)16-14(10-17)9-8-13(3)19-16/h5-9H,4,10-11,17H2,1-3H3. The SMILES string of the molecule is CCN(Cc1cccc(C)n1)c1nc(C)ccc1CN. The summed E-state index contributed by atoms with van der Waals surface area (Å²) in [4.78, 5) is 11.4. The van der Waals surface area contributed by atoms with Gasteiger partial charge < -0.3 is 10.6 Å². The summed E-state index contributed by atoms with van der Waals surface area (Å²) in [6.07, 6.45) is 0. The molecule has 2 aromatic rings. The van der Waals surface area contributed by atoms with Crippen molar-refractivity contribution in [1.29, 1.82) is 0 Å². The van der Waals surface area contributed by atoms with Crippen LogP contribution >= 0.6 is 0 Å². The predicted molar refractivity (Wildman–Crippen MR) is 82.6 cm³/mol. The van der Waals surface area contributed by atoms with E-state index in [1.807, 2.05) is 38.1 Å². The monoisotopic (exact) mass is 270 g/mol. The molecule has 0 aliphatic carbocycles. The number of anilines is 1. The molecule has 2 aromatic heterocycles. The van der Waals surface area contributed by atoms with E-state index in [4.69, 9.17) is 5.73 Å². The molecule has 20 heavy (non-hydrogen) atoms. The molecule has 0 aliphatic heterocycles. The molecule has 2 rings (SSSR count). The van der Waals surface area contributed by atoms with E-state index < -0.39 is 0 Å². The highest BCUT2D eigenvalue weighted by Gasteiger charge is 2.12. The van der Waals surface area contributed by atoms with E-state index in [1.165, 1.54) is 0 Å². The second-order valence-corrected chi connectivity index (χ2v) is 4.92. The summed E-state index contributed by atoms with van der Waals surface area (Å²) in [6, 6.07) is 10.2. The predicted octanol–water partition coefficient (Wildman–Crippen LogP) is 2.58. The molecule has 4 nitrogen and oxygen atoms in total. The molecule has 0 bridgehead atoms. The molecule has 2 N–H and O–H groups in total. The zero-order valence-electron chi connectivity index (χ0n) is 12.4. The van der Waals surface area contributed by atoms with Crippen molar-refractivity contribution in [3.63, 3.8) is 0 Å². The van der Waals surface area contributed by atoms with Gasteiger partial charge in [-0.15, -0.1) is 0 Å². The van der Waals surface area contributed by atoms with Crippen LogP contribution in [-0.2, 0) is 13.1 Å². The van der Waals surface area contributed by atoms with Gasteiger partial charge in [0.15, 0.2) is 0 Å².